The molecule has 2 nitrogen and oxygen atoms in total. The van der Waals surface area contributed by atoms with Gasteiger partial charge in [0.2, 0.25) is 0 Å². The zero-order valence-electron chi connectivity index (χ0n) is 11.6. The van der Waals surface area contributed by atoms with Crippen LogP contribution in [0.3, 0.4) is 0 Å². The van der Waals surface area contributed by atoms with Gasteiger partial charge in [-0.3, -0.25) is 0 Å². The van der Waals surface area contributed by atoms with Gasteiger partial charge in [0.05, 0.1) is 0 Å². The zero-order valence-corrected chi connectivity index (χ0v) is 11.6. The summed E-state index contributed by atoms with van der Waals surface area (Å²) >= 11 is 0. The van der Waals surface area contributed by atoms with Crippen molar-refractivity contribution in [3.63, 3.8) is 0 Å². The third-order valence-electron chi connectivity index (χ3n) is 2.91. The topological polar surface area (TPSA) is 15.3 Å². The lowest BCUT2D eigenvalue weighted by atomic mass is 9.86. The standard InChI is InChI=1S/C13H30N2/c1-7-9-15(10-8-2)11-12(14-6)13(3,4)5/h12,14H,7-11H2,1-6H3. The minimum atomic E-state index is 0.342. The molecule has 0 saturated heterocycles. The van der Waals surface area contributed by atoms with E-state index in [0.717, 1.165) is 0 Å². The van der Waals surface area contributed by atoms with Crippen molar-refractivity contribution in [3.05, 3.63) is 0 Å². The van der Waals surface area contributed by atoms with E-state index < -0.39 is 0 Å². The molecule has 2 heteroatoms. The minimum absolute atomic E-state index is 0.342. The lowest BCUT2D eigenvalue weighted by Crippen LogP contribution is -2.47. The van der Waals surface area contributed by atoms with Crippen LogP contribution < -0.4 is 5.32 Å². The molecule has 0 aromatic rings. The van der Waals surface area contributed by atoms with Crippen LogP contribution in [0.1, 0.15) is 47.5 Å². The van der Waals surface area contributed by atoms with Crippen molar-refractivity contribution in [2.45, 2.75) is 53.5 Å². The average molecular weight is 214 g/mol. The van der Waals surface area contributed by atoms with Gasteiger partial charge in [0.1, 0.15) is 0 Å². The number of rotatable bonds is 7. The van der Waals surface area contributed by atoms with E-state index in [1.165, 1.54) is 32.5 Å². The summed E-state index contributed by atoms with van der Waals surface area (Å²) in [5.41, 5.74) is 0.342. The molecule has 1 unspecified atom stereocenters. The normalized spacial score (nSPS) is 14.6. The predicted octanol–water partition coefficient (Wildman–Crippen LogP) is 2.74. The van der Waals surface area contributed by atoms with Crippen LogP contribution in [-0.4, -0.2) is 37.6 Å². The molecule has 0 heterocycles. The molecule has 0 radical (unpaired) electrons. The van der Waals surface area contributed by atoms with Crippen LogP contribution in [0.4, 0.5) is 0 Å². The van der Waals surface area contributed by atoms with E-state index in [4.69, 9.17) is 0 Å². The van der Waals surface area contributed by atoms with Crippen molar-refractivity contribution in [1.29, 1.82) is 0 Å². The first-order valence-corrected chi connectivity index (χ1v) is 6.35. The summed E-state index contributed by atoms with van der Waals surface area (Å²) in [7, 11) is 2.08. The quantitative estimate of drug-likeness (QED) is 0.701. The second kappa shape index (κ2) is 7.24. The van der Waals surface area contributed by atoms with E-state index in [-0.39, 0.29) is 0 Å². The van der Waals surface area contributed by atoms with Gasteiger partial charge in [0.25, 0.3) is 0 Å². The summed E-state index contributed by atoms with van der Waals surface area (Å²) < 4.78 is 0. The average Bonchev–Trinajstić information content (AvgIpc) is 2.12. The third-order valence-corrected chi connectivity index (χ3v) is 2.91. The van der Waals surface area contributed by atoms with Crippen molar-refractivity contribution in [2.75, 3.05) is 26.7 Å². The molecule has 0 aromatic carbocycles. The zero-order chi connectivity index (χ0) is 11.9. The maximum absolute atomic E-state index is 3.45. The SMILES string of the molecule is CCCN(CCC)CC(NC)C(C)(C)C. The molecule has 0 spiro atoms. The molecule has 0 fully saturated rings. The molecular weight excluding hydrogens is 184 g/mol. The Morgan fingerprint density at radius 3 is 1.80 bits per heavy atom. The highest BCUT2D eigenvalue weighted by atomic mass is 15.1. The fourth-order valence-electron chi connectivity index (χ4n) is 1.98. The fraction of sp³-hybridized carbons (Fsp3) is 1.00. The largest absolute Gasteiger partial charge is 0.315 e. The Hall–Kier alpha value is -0.0800. The van der Waals surface area contributed by atoms with Crippen LogP contribution in [0.25, 0.3) is 0 Å². The Kier molecular flexibility index (Phi) is 7.20. The molecule has 15 heavy (non-hydrogen) atoms. The summed E-state index contributed by atoms with van der Waals surface area (Å²) in [4.78, 5) is 2.58. The van der Waals surface area contributed by atoms with Crippen molar-refractivity contribution in [1.82, 2.24) is 10.2 Å². The number of hydrogen-bond donors (Lipinski definition) is 1. The Labute approximate surface area is 96.4 Å². The molecule has 1 N–H and O–H groups in total. The van der Waals surface area contributed by atoms with Gasteiger partial charge in [0.15, 0.2) is 0 Å². The van der Waals surface area contributed by atoms with Crippen LogP contribution in [0.15, 0.2) is 0 Å². The fourth-order valence-corrected chi connectivity index (χ4v) is 1.98. The van der Waals surface area contributed by atoms with Gasteiger partial charge in [-0.25, -0.2) is 0 Å². The second-order valence-electron chi connectivity index (χ2n) is 5.51. The van der Waals surface area contributed by atoms with Crippen LogP contribution >= 0.6 is 0 Å². The lowest BCUT2D eigenvalue weighted by molar-refractivity contribution is 0.179. The highest BCUT2D eigenvalue weighted by molar-refractivity contribution is 4.82. The summed E-state index contributed by atoms with van der Waals surface area (Å²) in [5.74, 6) is 0. The number of nitrogens with zero attached hydrogens (tertiary/aromatic N) is 1. The second-order valence-corrected chi connectivity index (χ2v) is 5.51. The van der Waals surface area contributed by atoms with E-state index in [1.54, 1.807) is 0 Å². The number of likely N-dealkylation sites (N-methyl/N-ethyl adjacent to an activating group) is 1. The monoisotopic (exact) mass is 214 g/mol. The maximum Gasteiger partial charge on any atom is 0.0240 e. The van der Waals surface area contributed by atoms with Gasteiger partial charge in [-0.2, -0.15) is 0 Å². The molecule has 0 aromatic heterocycles. The third kappa shape index (κ3) is 6.16. The van der Waals surface area contributed by atoms with E-state index in [0.29, 0.717) is 11.5 Å². The highest BCUT2D eigenvalue weighted by Gasteiger charge is 2.24. The summed E-state index contributed by atoms with van der Waals surface area (Å²) in [6.07, 6.45) is 2.50. The van der Waals surface area contributed by atoms with Gasteiger partial charge in [-0.15, -0.1) is 0 Å². The summed E-state index contributed by atoms with van der Waals surface area (Å²) in [6.45, 7) is 15.1. The molecule has 0 aliphatic heterocycles. The van der Waals surface area contributed by atoms with Crippen molar-refractivity contribution < 1.29 is 0 Å². The number of nitrogens with one attached hydrogen (secondary N) is 1. The molecule has 0 bridgehead atoms. The summed E-state index contributed by atoms with van der Waals surface area (Å²) in [5, 5.41) is 3.45. The van der Waals surface area contributed by atoms with E-state index in [9.17, 15) is 0 Å². The van der Waals surface area contributed by atoms with Gasteiger partial charge < -0.3 is 10.2 Å². The molecule has 0 aliphatic rings. The van der Waals surface area contributed by atoms with Crippen LogP contribution in [0.5, 0.6) is 0 Å². The first-order valence-electron chi connectivity index (χ1n) is 6.35. The van der Waals surface area contributed by atoms with Crippen molar-refractivity contribution >= 4 is 0 Å². The molecule has 0 saturated carbocycles. The Morgan fingerprint density at radius 1 is 1.07 bits per heavy atom. The Balaban J connectivity index is 4.21. The molecule has 0 rings (SSSR count). The van der Waals surface area contributed by atoms with E-state index in [1.807, 2.05) is 0 Å². The highest BCUT2D eigenvalue weighted by Crippen LogP contribution is 2.19. The molecule has 92 valence electrons. The van der Waals surface area contributed by atoms with E-state index in [2.05, 4.69) is 51.9 Å². The Bertz CT molecular complexity index is 143. The first kappa shape index (κ1) is 14.9. The van der Waals surface area contributed by atoms with Gasteiger partial charge in [-0.1, -0.05) is 34.6 Å². The van der Waals surface area contributed by atoms with Gasteiger partial charge >= 0.3 is 0 Å². The number of hydrogen-bond acceptors (Lipinski definition) is 2. The van der Waals surface area contributed by atoms with Crippen LogP contribution in [0.2, 0.25) is 0 Å². The minimum Gasteiger partial charge on any atom is -0.315 e. The molecule has 1 atom stereocenters. The predicted molar refractivity (Wildman–Crippen MR) is 69.3 cm³/mol. The van der Waals surface area contributed by atoms with Gasteiger partial charge in [-0.05, 0) is 38.4 Å². The van der Waals surface area contributed by atoms with Gasteiger partial charge in [0, 0.05) is 12.6 Å². The van der Waals surface area contributed by atoms with Crippen LogP contribution in [-0.2, 0) is 0 Å². The van der Waals surface area contributed by atoms with Crippen molar-refractivity contribution in [2.24, 2.45) is 5.41 Å². The van der Waals surface area contributed by atoms with E-state index >= 15 is 0 Å². The summed E-state index contributed by atoms with van der Waals surface area (Å²) in [6, 6.07) is 0.579. The maximum atomic E-state index is 3.45. The molecule has 0 amide bonds. The smallest absolute Gasteiger partial charge is 0.0240 e. The van der Waals surface area contributed by atoms with Crippen molar-refractivity contribution in [3.8, 4) is 0 Å². The molecular formula is C13H30N2. The lowest BCUT2D eigenvalue weighted by Gasteiger charge is -2.35. The first-order chi connectivity index (χ1) is 6.95. The van der Waals surface area contributed by atoms with Crippen LogP contribution in [0, 0.1) is 5.41 Å². The Morgan fingerprint density at radius 2 is 1.53 bits per heavy atom. The molecule has 0 aliphatic carbocycles.